The van der Waals surface area contributed by atoms with Crippen molar-refractivity contribution in [3.63, 3.8) is 0 Å². The van der Waals surface area contributed by atoms with E-state index in [-0.39, 0.29) is 6.04 Å². The molecule has 2 rings (SSSR count). The highest BCUT2D eigenvalue weighted by molar-refractivity contribution is 5.39. The van der Waals surface area contributed by atoms with Crippen LogP contribution in [0.5, 0.6) is 0 Å². The Labute approximate surface area is 97.7 Å². The van der Waals surface area contributed by atoms with Gasteiger partial charge in [0.2, 0.25) is 0 Å². The van der Waals surface area contributed by atoms with Crippen molar-refractivity contribution >= 4 is 5.82 Å². The molecule has 2 heterocycles. The van der Waals surface area contributed by atoms with Crippen molar-refractivity contribution in [1.29, 1.82) is 0 Å². The van der Waals surface area contributed by atoms with E-state index in [1.165, 1.54) is 19.3 Å². The standard InChI is InChI=1S/C13H21N3/c1-11(14)10-12-6-5-7-13(15-12)16-8-3-2-4-9-16/h5-7,11H,2-4,8-10,14H2,1H3. The molecule has 88 valence electrons. The first-order valence-corrected chi connectivity index (χ1v) is 6.22. The molecule has 1 aliphatic heterocycles. The lowest BCUT2D eigenvalue weighted by atomic mass is 10.1. The summed E-state index contributed by atoms with van der Waals surface area (Å²) in [5, 5.41) is 0. The van der Waals surface area contributed by atoms with Crippen LogP contribution in [0.4, 0.5) is 5.82 Å². The highest BCUT2D eigenvalue weighted by Gasteiger charge is 2.12. The maximum absolute atomic E-state index is 5.80. The van der Waals surface area contributed by atoms with Gasteiger partial charge < -0.3 is 10.6 Å². The van der Waals surface area contributed by atoms with Gasteiger partial charge in [0.1, 0.15) is 5.82 Å². The molecule has 0 aromatic carbocycles. The second-order valence-electron chi connectivity index (χ2n) is 4.72. The largest absolute Gasteiger partial charge is 0.357 e. The van der Waals surface area contributed by atoms with Gasteiger partial charge >= 0.3 is 0 Å². The normalized spacial score (nSPS) is 18.5. The SMILES string of the molecule is CC(N)Cc1cccc(N2CCCCC2)n1. The van der Waals surface area contributed by atoms with Crippen LogP contribution in [0.25, 0.3) is 0 Å². The van der Waals surface area contributed by atoms with Crippen LogP contribution in [-0.2, 0) is 6.42 Å². The van der Waals surface area contributed by atoms with Gasteiger partial charge in [-0.2, -0.15) is 0 Å². The molecule has 1 aromatic heterocycles. The van der Waals surface area contributed by atoms with E-state index in [1.807, 2.05) is 6.92 Å². The van der Waals surface area contributed by atoms with Crippen molar-refractivity contribution in [2.45, 2.75) is 38.6 Å². The van der Waals surface area contributed by atoms with E-state index < -0.39 is 0 Å². The molecule has 1 aromatic rings. The molecular formula is C13H21N3. The highest BCUT2D eigenvalue weighted by atomic mass is 15.2. The zero-order valence-electron chi connectivity index (χ0n) is 10.0. The van der Waals surface area contributed by atoms with E-state index in [9.17, 15) is 0 Å². The summed E-state index contributed by atoms with van der Waals surface area (Å²) < 4.78 is 0. The smallest absolute Gasteiger partial charge is 0.128 e. The van der Waals surface area contributed by atoms with Crippen LogP contribution < -0.4 is 10.6 Å². The lowest BCUT2D eigenvalue weighted by Crippen LogP contribution is -2.30. The van der Waals surface area contributed by atoms with Crippen molar-refractivity contribution in [2.24, 2.45) is 5.73 Å². The second-order valence-corrected chi connectivity index (χ2v) is 4.72. The Hall–Kier alpha value is -1.09. The van der Waals surface area contributed by atoms with Gasteiger partial charge in [-0.15, -0.1) is 0 Å². The van der Waals surface area contributed by atoms with Crippen molar-refractivity contribution < 1.29 is 0 Å². The summed E-state index contributed by atoms with van der Waals surface area (Å²) in [7, 11) is 0. The first-order valence-electron chi connectivity index (χ1n) is 6.22. The Morgan fingerprint density at radius 2 is 2.06 bits per heavy atom. The number of anilines is 1. The topological polar surface area (TPSA) is 42.1 Å². The number of hydrogen-bond donors (Lipinski definition) is 1. The molecule has 2 N–H and O–H groups in total. The molecule has 1 unspecified atom stereocenters. The van der Waals surface area contributed by atoms with Crippen LogP contribution in [0.2, 0.25) is 0 Å². The summed E-state index contributed by atoms with van der Waals surface area (Å²) in [6.07, 6.45) is 4.80. The Morgan fingerprint density at radius 3 is 2.75 bits per heavy atom. The monoisotopic (exact) mass is 219 g/mol. The lowest BCUT2D eigenvalue weighted by Gasteiger charge is -2.28. The van der Waals surface area contributed by atoms with Crippen LogP contribution in [0.3, 0.4) is 0 Å². The minimum atomic E-state index is 0.184. The van der Waals surface area contributed by atoms with Crippen molar-refractivity contribution in [1.82, 2.24) is 4.98 Å². The quantitative estimate of drug-likeness (QED) is 0.845. The second kappa shape index (κ2) is 5.30. The number of hydrogen-bond acceptors (Lipinski definition) is 3. The third kappa shape index (κ3) is 2.95. The molecule has 1 saturated heterocycles. The first kappa shape index (κ1) is 11.4. The van der Waals surface area contributed by atoms with Gasteiger partial charge in [0.25, 0.3) is 0 Å². The Balaban J connectivity index is 2.08. The van der Waals surface area contributed by atoms with Gasteiger partial charge in [-0.1, -0.05) is 6.07 Å². The predicted molar refractivity (Wildman–Crippen MR) is 67.7 cm³/mol. The van der Waals surface area contributed by atoms with E-state index in [0.717, 1.165) is 31.0 Å². The average Bonchev–Trinajstić information content (AvgIpc) is 2.30. The van der Waals surface area contributed by atoms with Gasteiger partial charge in [-0.25, -0.2) is 4.98 Å². The number of rotatable bonds is 3. The zero-order chi connectivity index (χ0) is 11.4. The Kier molecular flexibility index (Phi) is 3.78. The van der Waals surface area contributed by atoms with Gasteiger partial charge in [-0.05, 0) is 38.3 Å². The van der Waals surface area contributed by atoms with Crippen LogP contribution in [-0.4, -0.2) is 24.1 Å². The molecule has 1 atom stereocenters. The van der Waals surface area contributed by atoms with Crippen molar-refractivity contribution in [2.75, 3.05) is 18.0 Å². The molecular weight excluding hydrogens is 198 g/mol. The predicted octanol–water partition coefficient (Wildman–Crippen LogP) is 1.96. The van der Waals surface area contributed by atoms with E-state index in [4.69, 9.17) is 5.73 Å². The first-order chi connectivity index (χ1) is 7.75. The minimum Gasteiger partial charge on any atom is -0.357 e. The summed E-state index contributed by atoms with van der Waals surface area (Å²) in [5.74, 6) is 1.12. The van der Waals surface area contributed by atoms with Gasteiger partial charge in [-0.3, -0.25) is 0 Å². The van der Waals surface area contributed by atoms with Crippen LogP contribution in [0.15, 0.2) is 18.2 Å². The summed E-state index contributed by atoms with van der Waals surface area (Å²) >= 11 is 0. The average molecular weight is 219 g/mol. The molecule has 0 radical (unpaired) electrons. The molecule has 1 fully saturated rings. The van der Waals surface area contributed by atoms with Gasteiger partial charge in [0, 0.05) is 31.2 Å². The maximum Gasteiger partial charge on any atom is 0.128 e. The van der Waals surface area contributed by atoms with Crippen molar-refractivity contribution in [3.8, 4) is 0 Å². The molecule has 0 spiro atoms. The maximum atomic E-state index is 5.80. The molecule has 16 heavy (non-hydrogen) atoms. The van der Waals surface area contributed by atoms with Crippen LogP contribution in [0, 0.1) is 0 Å². The summed E-state index contributed by atoms with van der Waals surface area (Å²) in [4.78, 5) is 7.07. The molecule has 3 heteroatoms. The minimum absolute atomic E-state index is 0.184. The zero-order valence-corrected chi connectivity index (χ0v) is 10.0. The fraction of sp³-hybridized carbons (Fsp3) is 0.615. The number of piperidine rings is 1. The molecule has 0 amide bonds. The summed E-state index contributed by atoms with van der Waals surface area (Å²) in [6, 6.07) is 6.45. The fourth-order valence-electron chi connectivity index (χ4n) is 2.21. The number of nitrogens with zero attached hydrogens (tertiary/aromatic N) is 2. The molecule has 1 aliphatic rings. The van der Waals surface area contributed by atoms with E-state index in [0.29, 0.717) is 0 Å². The molecule has 0 bridgehead atoms. The molecule has 0 aliphatic carbocycles. The number of aromatic nitrogens is 1. The highest BCUT2D eigenvalue weighted by Crippen LogP contribution is 2.17. The number of nitrogens with two attached hydrogens (primary N) is 1. The van der Waals surface area contributed by atoms with E-state index in [2.05, 4.69) is 28.1 Å². The number of pyridine rings is 1. The Morgan fingerprint density at radius 1 is 1.31 bits per heavy atom. The third-order valence-electron chi connectivity index (χ3n) is 3.00. The van der Waals surface area contributed by atoms with E-state index in [1.54, 1.807) is 0 Å². The van der Waals surface area contributed by atoms with Crippen molar-refractivity contribution in [3.05, 3.63) is 23.9 Å². The molecule has 0 saturated carbocycles. The third-order valence-corrected chi connectivity index (χ3v) is 3.00. The Bertz CT molecular complexity index is 330. The summed E-state index contributed by atoms with van der Waals surface area (Å²) in [5.41, 5.74) is 6.91. The fourth-order valence-corrected chi connectivity index (χ4v) is 2.21. The van der Waals surface area contributed by atoms with Crippen LogP contribution in [0.1, 0.15) is 31.9 Å². The molecule has 3 nitrogen and oxygen atoms in total. The lowest BCUT2D eigenvalue weighted by molar-refractivity contribution is 0.572. The van der Waals surface area contributed by atoms with Crippen LogP contribution >= 0.6 is 0 Å². The van der Waals surface area contributed by atoms with Gasteiger partial charge in [0.05, 0.1) is 0 Å². The van der Waals surface area contributed by atoms with Gasteiger partial charge in [0.15, 0.2) is 0 Å². The van der Waals surface area contributed by atoms with E-state index >= 15 is 0 Å². The summed E-state index contributed by atoms with van der Waals surface area (Å²) in [6.45, 7) is 4.32.